The van der Waals surface area contributed by atoms with Crippen molar-refractivity contribution in [2.24, 2.45) is 0 Å². The van der Waals surface area contributed by atoms with Crippen molar-refractivity contribution < 1.29 is 9.84 Å². The molecule has 0 amide bonds. The van der Waals surface area contributed by atoms with E-state index in [2.05, 4.69) is 24.1 Å². The van der Waals surface area contributed by atoms with Crippen LogP contribution in [0.25, 0.3) is 0 Å². The third-order valence-electron chi connectivity index (χ3n) is 4.77. The van der Waals surface area contributed by atoms with Gasteiger partial charge in [-0.2, -0.15) is 0 Å². The molecule has 2 aliphatic heterocycles. The van der Waals surface area contributed by atoms with Crippen molar-refractivity contribution in [1.29, 1.82) is 0 Å². The lowest BCUT2D eigenvalue weighted by Gasteiger charge is -2.40. The van der Waals surface area contributed by atoms with Crippen molar-refractivity contribution in [1.82, 2.24) is 4.90 Å². The summed E-state index contributed by atoms with van der Waals surface area (Å²) in [5.41, 5.74) is 1.24. The first kappa shape index (κ1) is 12.0. The fraction of sp³-hybridized carbons (Fsp3) is 0.600. The van der Waals surface area contributed by atoms with E-state index in [4.69, 9.17) is 4.74 Å². The molecule has 18 heavy (non-hydrogen) atoms. The zero-order chi connectivity index (χ0) is 12.7. The SMILES string of the molecule is COc1ccc(C2CC3CCC(C2O)N3C)cc1. The van der Waals surface area contributed by atoms with Crippen LogP contribution >= 0.6 is 0 Å². The summed E-state index contributed by atoms with van der Waals surface area (Å²) in [5, 5.41) is 10.5. The molecule has 4 atom stereocenters. The van der Waals surface area contributed by atoms with E-state index in [0.717, 1.165) is 18.6 Å². The molecule has 0 radical (unpaired) electrons. The molecular formula is C15H21NO2. The highest BCUT2D eigenvalue weighted by molar-refractivity contribution is 5.31. The maximum atomic E-state index is 10.5. The second-order valence-electron chi connectivity index (χ2n) is 5.57. The van der Waals surface area contributed by atoms with Gasteiger partial charge in [0.1, 0.15) is 5.75 Å². The van der Waals surface area contributed by atoms with Gasteiger partial charge in [0, 0.05) is 18.0 Å². The number of methoxy groups -OCH3 is 1. The van der Waals surface area contributed by atoms with E-state index in [9.17, 15) is 5.11 Å². The monoisotopic (exact) mass is 247 g/mol. The number of rotatable bonds is 2. The van der Waals surface area contributed by atoms with E-state index in [0.29, 0.717) is 12.1 Å². The minimum absolute atomic E-state index is 0.234. The molecule has 0 spiro atoms. The molecule has 0 saturated carbocycles. The summed E-state index contributed by atoms with van der Waals surface area (Å²) >= 11 is 0. The minimum atomic E-state index is -0.234. The molecule has 4 unspecified atom stereocenters. The van der Waals surface area contributed by atoms with Crippen molar-refractivity contribution in [2.75, 3.05) is 14.2 Å². The molecule has 3 rings (SSSR count). The highest BCUT2D eigenvalue weighted by atomic mass is 16.5. The van der Waals surface area contributed by atoms with Crippen LogP contribution in [-0.2, 0) is 0 Å². The number of piperidine rings is 1. The van der Waals surface area contributed by atoms with Gasteiger partial charge >= 0.3 is 0 Å². The number of likely N-dealkylation sites (N-methyl/N-ethyl adjacent to an activating group) is 1. The molecule has 1 N–H and O–H groups in total. The van der Waals surface area contributed by atoms with Gasteiger partial charge in [-0.05, 0) is 44.0 Å². The van der Waals surface area contributed by atoms with Crippen LogP contribution in [0.1, 0.15) is 30.7 Å². The summed E-state index contributed by atoms with van der Waals surface area (Å²) in [4.78, 5) is 2.37. The largest absolute Gasteiger partial charge is 0.497 e. The van der Waals surface area contributed by atoms with Crippen LogP contribution < -0.4 is 4.74 Å². The molecular weight excluding hydrogens is 226 g/mol. The van der Waals surface area contributed by atoms with Gasteiger partial charge in [0.05, 0.1) is 13.2 Å². The van der Waals surface area contributed by atoms with Crippen molar-refractivity contribution >= 4 is 0 Å². The van der Waals surface area contributed by atoms with Crippen LogP contribution in [0.3, 0.4) is 0 Å². The number of aliphatic hydroxyl groups excluding tert-OH is 1. The topological polar surface area (TPSA) is 32.7 Å². The van der Waals surface area contributed by atoms with Crippen molar-refractivity contribution in [2.45, 2.75) is 43.4 Å². The molecule has 0 aromatic heterocycles. The van der Waals surface area contributed by atoms with E-state index in [1.165, 1.54) is 12.0 Å². The second-order valence-corrected chi connectivity index (χ2v) is 5.57. The Morgan fingerprint density at radius 2 is 1.94 bits per heavy atom. The standard InChI is InChI=1S/C15H21NO2/c1-16-11-5-8-14(16)15(17)13(9-11)10-3-6-12(18-2)7-4-10/h3-4,6-7,11,13-15,17H,5,8-9H2,1-2H3. The first-order chi connectivity index (χ1) is 8.70. The Balaban J connectivity index is 1.83. The molecule has 0 aliphatic carbocycles. The van der Waals surface area contributed by atoms with Crippen LogP contribution in [0.5, 0.6) is 5.75 Å². The lowest BCUT2D eigenvalue weighted by molar-refractivity contribution is 0.0112. The second kappa shape index (κ2) is 4.56. The van der Waals surface area contributed by atoms with Crippen LogP contribution in [-0.4, -0.2) is 42.4 Å². The molecule has 1 aromatic rings. The van der Waals surface area contributed by atoms with Crippen molar-refractivity contribution in [3.63, 3.8) is 0 Å². The van der Waals surface area contributed by atoms with E-state index in [1.54, 1.807) is 7.11 Å². The van der Waals surface area contributed by atoms with Gasteiger partial charge < -0.3 is 9.84 Å². The molecule has 2 fully saturated rings. The van der Waals surface area contributed by atoms with Crippen molar-refractivity contribution in [3.05, 3.63) is 29.8 Å². The normalized spacial score (nSPS) is 35.7. The summed E-state index contributed by atoms with van der Waals surface area (Å²) in [7, 11) is 3.83. The maximum Gasteiger partial charge on any atom is 0.118 e. The first-order valence-corrected chi connectivity index (χ1v) is 6.74. The Morgan fingerprint density at radius 3 is 2.61 bits per heavy atom. The Kier molecular flexibility index (Phi) is 3.04. The van der Waals surface area contributed by atoms with Gasteiger partial charge in [-0.3, -0.25) is 4.90 Å². The Labute approximate surface area is 108 Å². The summed E-state index contributed by atoms with van der Waals surface area (Å²) in [6, 6.07) is 9.15. The van der Waals surface area contributed by atoms with Crippen LogP contribution in [0, 0.1) is 0 Å². The molecule has 3 heteroatoms. The number of aliphatic hydroxyl groups is 1. The van der Waals surface area contributed by atoms with E-state index < -0.39 is 0 Å². The van der Waals surface area contributed by atoms with Crippen LogP contribution in [0.2, 0.25) is 0 Å². The highest BCUT2D eigenvalue weighted by Gasteiger charge is 2.45. The number of nitrogens with zero attached hydrogens (tertiary/aromatic N) is 1. The van der Waals surface area contributed by atoms with E-state index in [-0.39, 0.29) is 12.0 Å². The maximum absolute atomic E-state index is 10.5. The number of hydrogen-bond donors (Lipinski definition) is 1. The van der Waals surface area contributed by atoms with E-state index in [1.807, 2.05) is 12.1 Å². The van der Waals surface area contributed by atoms with Gasteiger partial charge in [-0.15, -0.1) is 0 Å². The highest BCUT2D eigenvalue weighted by Crippen LogP contribution is 2.42. The zero-order valence-corrected chi connectivity index (χ0v) is 11.0. The molecule has 1 aromatic carbocycles. The quantitative estimate of drug-likeness (QED) is 0.867. The average Bonchev–Trinajstić information content (AvgIpc) is 2.66. The smallest absolute Gasteiger partial charge is 0.118 e. The fourth-order valence-corrected chi connectivity index (χ4v) is 3.62. The molecule has 3 nitrogen and oxygen atoms in total. The number of fused-ring (bicyclic) bond motifs is 2. The van der Waals surface area contributed by atoms with Gasteiger partial charge in [0.15, 0.2) is 0 Å². The fourth-order valence-electron chi connectivity index (χ4n) is 3.62. The lowest BCUT2D eigenvalue weighted by atomic mass is 9.83. The van der Waals surface area contributed by atoms with Gasteiger partial charge in [-0.25, -0.2) is 0 Å². The predicted molar refractivity (Wildman–Crippen MR) is 70.9 cm³/mol. The summed E-state index contributed by atoms with van der Waals surface area (Å²) in [5.74, 6) is 1.16. The van der Waals surface area contributed by atoms with Gasteiger partial charge in [-0.1, -0.05) is 12.1 Å². The zero-order valence-electron chi connectivity index (χ0n) is 11.0. The van der Waals surface area contributed by atoms with E-state index >= 15 is 0 Å². The van der Waals surface area contributed by atoms with Crippen LogP contribution in [0.4, 0.5) is 0 Å². The third kappa shape index (κ3) is 1.82. The van der Waals surface area contributed by atoms with Gasteiger partial charge in [0.25, 0.3) is 0 Å². The summed E-state index contributed by atoms with van der Waals surface area (Å²) < 4.78 is 5.18. The molecule has 2 heterocycles. The summed E-state index contributed by atoms with van der Waals surface area (Å²) in [6.45, 7) is 0. The predicted octanol–water partition coefficient (Wildman–Crippen LogP) is 2.01. The molecule has 2 aliphatic rings. The summed E-state index contributed by atoms with van der Waals surface area (Å²) in [6.07, 6.45) is 3.20. The molecule has 98 valence electrons. The average molecular weight is 247 g/mol. The van der Waals surface area contributed by atoms with Gasteiger partial charge in [0.2, 0.25) is 0 Å². The number of benzene rings is 1. The molecule has 2 saturated heterocycles. The number of ether oxygens (including phenoxy) is 1. The first-order valence-electron chi connectivity index (χ1n) is 6.74. The van der Waals surface area contributed by atoms with Crippen LogP contribution in [0.15, 0.2) is 24.3 Å². The number of hydrogen-bond acceptors (Lipinski definition) is 3. The Morgan fingerprint density at radius 1 is 1.22 bits per heavy atom. The Bertz CT molecular complexity index is 417. The minimum Gasteiger partial charge on any atom is -0.497 e. The van der Waals surface area contributed by atoms with Crippen molar-refractivity contribution in [3.8, 4) is 5.75 Å². The Hall–Kier alpha value is -1.06. The third-order valence-corrected chi connectivity index (χ3v) is 4.77. The molecule has 2 bridgehead atoms. The lowest BCUT2D eigenvalue weighted by Crippen LogP contribution is -2.48.